The number of hydrogen-bond donors (Lipinski definition) is 3. The molecule has 0 aliphatic heterocycles. The number of aromatic amines is 1. The van der Waals surface area contributed by atoms with Gasteiger partial charge in [-0.05, 0) is 31.2 Å². The van der Waals surface area contributed by atoms with Gasteiger partial charge in [-0.25, -0.2) is 4.98 Å². The Morgan fingerprint density at radius 2 is 2.44 bits per heavy atom. The molecule has 0 spiro atoms. The molecule has 0 aliphatic carbocycles. The predicted octanol–water partition coefficient (Wildman–Crippen LogP) is 1.24. The van der Waals surface area contributed by atoms with Gasteiger partial charge < -0.3 is 15.4 Å². The van der Waals surface area contributed by atoms with E-state index in [1.54, 1.807) is 0 Å². The van der Waals surface area contributed by atoms with Gasteiger partial charge in [0.05, 0.1) is 12.1 Å². The lowest BCUT2D eigenvalue weighted by Crippen LogP contribution is -2.27. The second-order valence-electron chi connectivity index (χ2n) is 4.30. The van der Waals surface area contributed by atoms with Gasteiger partial charge in [0.15, 0.2) is 0 Å². The Kier molecular flexibility index (Phi) is 4.46. The fourth-order valence-corrected chi connectivity index (χ4v) is 2.50. The Bertz CT molecular complexity index is 564. The monoisotopic (exact) mass is 267 g/mol. The van der Waals surface area contributed by atoms with Crippen LogP contribution in [0.5, 0.6) is 0 Å². The van der Waals surface area contributed by atoms with Gasteiger partial charge in [0, 0.05) is 12.6 Å². The highest BCUT2D eigenvalue weighted by molar-refractivity contribution is 7.17. The molecule has 6 heteroatoms. The van der Waals surface area contributed by atoms with Crippen molar-refractivity contribution in [3.8, 4) is 0 Å². The summed E-state index contributed by atoms with van der Waals surface area (Å²) in [4.78, 5) is 18.9. The molecule has 2 aromatic heterocycles. The standard InChI is InChI=1S/C12H17N3O2S/c1-8(3-2-5-16)13-7-10-14-9-4-6-18-11(9)12(17)15-10/h4,6,8,13,16H,2-3,5,7H2,1H3,(H,14,15,17). The maximum atomic E-state index is 11.7. The number of aliphatic hydroxyl groups excluding tert-OH is 1. The van der Waals surface area contributed by atoms with E-state index in [9.17, 15) is 4.79 Å². The third-order valence-electron chi connectivity index (χ3n) is 2.78. The van der Waals surface area contributed by atoms with Crippen LogP contribution in [-0.4, -0.2) is 27.7 Å². The molecule has 18 heavy (non-hydrogen) atoms. The second-order valence-corrected chi connectivity index (χ2v) is 5.21. The van der Waals surface area contributed by atoms with Crippen LogP contribution in [0.1, 0.15) is 25.6 Å². The lowest BCUT2D eigenvalue weighted by atomic mass is 10.2. The molecule has 5 nitrogen and oxygen atoms in total. The molecule has 1 atom stereocenters. The summed E-state index contributed by atoms with van der Waals surface area (Å²) < 4.78 is 0.673. The van der Waals surface area contributed by atoms with Crippen LogP contribution < -0.4 is 10.9 Å². The lowest BCUT2D eigenvalue weighted by molar-refractivity contribution is 0.276. The summed E-state index contributed by atoms with van der Waals surface area (Å²) in [5, 5.41) is 13.9. The quantitative estimate of drug-likeness (QED) is 0.735. The van der Waals surface area contributed by atoms with Crippen molar-refractivity contribution in [3.05, 3.63) is 27.6 Å². The summed E-state index contributed by atoms with van der Waals surface area (Å²) in [7, 11) is 0. The van der Waals surface area contributed by atoms with E-state index < -0.39 is 0 Å². The molecule has 2 heterocycles. The van der Waals surface area contributed by atoms with Gasteiger partial charge in [0.25, 0.3) is 5.56 Å². The van der Waals surface area contributed by atoms with Crippen LogP contribution in [0.2, 0.25) is 0 Å². The predicted molar refractivity (Wildman–Crippen MR) is 72.9 cm³/mol. The topological polar surface area (TPSA) is 78.0 Å². The zero-order valence-electron chi connectivity index (χ0n) is 10.3. The van der Waals surface area contributed by atoms with E-state index in [-0.39, 0.29) is 12.2 Å². The van der Waals surface area contributed by atoms with Gasteiger partial charge >= 0.3 is 0 Å². The zero-order chi connectivity index (χ0) is 13.0. The highest BCUT2D eigenvalue weighted by Gasteiger charge is 2.06. The van der Waals surface area contributed by atoms with Crippen LogP contribution in [0.4, 0.5) is 0 Å². The largest absolute Gasteiger partial charge is 0.396 e. The smallest absolute Gasteiger partial charge is 0.268 e. The fraction of sp³-hybridized carbons (Fsp3) is 0.500. The fourth-order valence-electron chi connectivity index (χ4n) is 1.78. The molecule has 0 bridgehead atoms. The van der Waals surface area contributed by atoms with Gasteiger partial charge in [-0.2, -0.15) is 0 Å². The summed E-state index contributed by atoms with van der Waals surface area (Å²) in [6.45, 7) is 2.80. The molecule has 0 radical (unpaired) electrons. The average molecular weight is 267 g/mol. The molecule has 0 saturated carbocycles. The first-order valence-electron chi connectivity index (χ1n) is 6.01. The number of fused-ring (bicyclic) bond motifs is 1. The number of hydrogen-bond acceptors (Lipinski definition) is 5. The first-order chi connectivity index (χ1) is 8.70. The van der Waals surface area contributed by atoms with Crippen molar-refractivity contribution in [2.75, 3.05) is 6.61 Å². The van der Waals surface area contributed by atoms with Crippen LogP contribution in [0, 0.1) is 0 Å². The minimum atomic E-state index is -0.0742. The van der Waals surface area contributed by atoms with E-state index in [2.05, 4.69) is 22.2 Å². The molecular weight excluding hydrogens is 250 g/mol. The molecule has 2 aromatic rings. The number of nitrogens with one attached hydrogen (secondary N) is 2. The van der Waals surface area contributed by atoms with E-state index in [1.807, 2.05) is 11.4 Å². The summed E-state index contributed by atoms with van der Waals surface area (Å²) >= 11 is 1.40. The molecule has 1 unspecified atom stereocenters. The van der Waals surface area contributed by atoms with Gasteiger partial charge in [0.1, 0.15) is 10.5 Å². The van der Waals surface area contributed by atoms with Crippen LogP contribution in [0.15, 0.2) is 16.2 Å². The van der Waals surface area contributed by atoms with E-state index in [0.717, 1.165) is 18.4 Å². The Morgan fingerprint density at radius 1 is 1.61 bits per heavy atom. The first kappa shape index (κ1) is 13.2. The van der Waals surface area contributed by atoms with Crippen molar-refractivity contribution in [2.45, 2.75) is 32.4 Å². The lowest BCUT2D eigenvalue weighted by Gasteiger charge is -2.12. The maximum Gasteiger partial charge on any atom is 0.268 e. The van der Waals surface area contributed by atoms with Crippen molar-refractivity contribution in [1.82, 2.24) is 15.3 Å². The normalized spacial score (nSPS) is 13.0. The van der Waals surface area contributed by atoms with E-state index in [1.165, 1.54) is 11.3 Å². The molecule has 3 N–H and O–H groups in total. The number of thiophene rings is 1. The second kappa shape index (κ2) is 6.08. The Balaban J connectivity index is 2.01. The minimum Gasteiger partial charge on any atom is -0.396 e. The van der Waals surface area contributed by atoms with Gasteiger partial charge in [-0.1, -0.05) is 0 Å². The highest BCUT2D eigenvalue weighted by atomic mass is 32.1. The van der Waals surface area contributed by atoms with E-state index in [4.69, 9.17) is 5.11 Å². The van der Waals surface area contributed by atoms with Crippen LogP contribution in [0.25, 0.3) is 10.2 Å². The van der Waals surface area contributed by atoms with E-state index in [0.29, 0.717) is 23.1 Å². The molecule has 0 aromatic carbocycles. The minimum absolute atomic E-state index is 0.0742. The molecule has 0 saturated heterocycles. The summed E-state index contributed by atoms with van der Waals surface area (Å²) in [6, 6.07) is 2.15. The van der Waals surface area contributed by atoms with Crippen molar-refractivity contribution in [3.63, 3.8) is 0 Å². The Morgan fingerprint density at radius 3 is 3.22 bits per heavy atom. The summed E-state index contributed by atoms with van der Waals surface area (Å²) in [6.07, 6.45) is 1.68. The summed E-state index contributed by atoms with van der Waals surface area (Å²) in [5.74, 6) is 0.654. The molecule has 0 fully saturated rings. The van der Waals surface area contributed by atoms with Crippen molar-refractivity contribution >= 4 is 21.6 Å². The zero-order valence-corrected chi connectivity index (χ0v) is 11.1. The number of nitrogens with zero attached hydrogens (tertiary/aromatic N) is 1. The molecular formula is C12H17N3O2S. The number of H-pyrrole nitrogens is 1. The van der Waals surface area contributed by atoms with Crippen molar-refractivity contribution in [2.24, 2.45) is 0 Å². The average Bonchev–Trinajstić information content (AvgIpc) is 2.82. The first-order valence-corrected chi connectivity index (χ1v) is 6.89. The van der Waals surface area contributed by atoms with Crippen molar-refractivity contribution in [1.29, 1.82) is 0 Å². The Labute approximate surface area is 109 Å². The third kappa shape index (κ3) is 3.16. The molecule has 0 amide bonds. The summed E-state index contributed by atoms with van der Waals surface area (Å²) in [5.41, 5.74) is 0.679. The number of aromatic nitrogens is 2. The molecule has 2 rings (SSSR count). The number of rotatable bonds is 6. The van der Waals surface area contributed by atoms with Crippen LogP contribution in [-0.2, 0) is 6.54 Å². The highest BCUT2D eigenvalue weighted by Crippen LogP contribution is 2.13. The van der Waals surface area contributed by atoms with Gasteiger partial charge in [-0.15, -0.1) is 11.3 Å². The maximum absolute atomic E-state index is 11.7. The Hall–Kier alpha value is -1.24. The molecule has 98 valence electrons. The van der Waals surface area contributed by atoms with Gasteiger partial charge in [0.2, 0.25) is 0 Å². The van der Waals surface area contributed by atoms with Gasteiger partial charge in [-0.3, -0.25) is 4.79 Å². The van der Waals surface area contributed by atoms with E-state index >= 15 is 0 Å². The van der Waals surface area contributed by atoms with Crippen LogP contribution in [0.3, 0.4) is 0 Å². The van der Waals surface area contributed by atoms with Crippen LogP contribution >= 0.6 is 11.3 Å². The third-order valence-corrected chi connectivity index (χ3v) is 3.68. The van der Waals surface area contributed by atoms with Crippen molar-refractivity contribution < 1.29 is 5.11 Å². The SMILES string of the molecule is CC(CCCO)NCc1nc2ccsc2c(=O)[nH]1. The molecule has 0 aliphatic rings. The number of aliphatic hydroxyl groups is 1.